The number of hydrogen-bond acceptors (Lipinski definition) is 6. The molecule has 0 aliphatic carbocycles. The summed E-state index contributed by atoms with van der Waals surface area (Å²) >= 11 is 0. The molecule has 6 heteroatoms. The van der Waals surface area contributed by atoms with E-state index in [0.29, 0.717) is 11.5 Å². The fourth-order valence-corrected chi connectivity index (χ4v) is 3.35. The monoisotopic (exact) mass is 328 g/mol. The van der Waals surface area contributed by atoms with Crippen LogP contribution < -0.4 is 14.8 Å². The molecule has 1 fully saturated rings. The molecule has 2 aliphatic rings. The number of rotatable bonds is 3. The van der Waals surface area contributed by atoms with Gasteiger partial charge in [-0.2, -0.15) is 0 Å². The van der Waals surface area contributed by atoms with E-state index in [1.54, 1.807) is 18.2 Å². The van der Waals surface area contributed by atoms with Gasteiger partial charge in [0.15, 0.2) is 11.5 Å². The smallest absolute Gasteiger partial charge is 0.231 e. The van der Waals surface area contributed by atoms with Crippen LogP contribution in [0.25, 0.3) is 0 Å². The van der Waals surface area contributed by atoms with E-state index in [0.717, 1.165) is 37.3 Å². The number of nitrogens with one attached hydrogen (secondary N) is 1. The standard InChI is InChI=1S/C18H20N2O4/c21-13-3-1-12(2-4-13)18(20-7-5-19-6-8-20)14-9-16-17(10-15(14)22)24-11-23-16/h1-4,9-10,18-19,21-22H,5-8,11H2/t18-/m0/s1. The van der Waals surface area contributed by atoms with Gasteiger partial charge in [-0.05, 0) is 23.8 Å². The summed E-state index contributed by atoms with van der Waals surface area (Å²) in [5.41, 5.74) is 1.80. The van der Waals surface area contributed by atoms with Crippen molar-refractivity contribution in [1.82, 2.24) is 10.2 Å². The number of aromatic hydroxyl groups is 2. The SMILES string of the molecule is Oc1ccc([C@@H](c2cc3c(cc2O)OCO3)N2CCNCC2)cc1. The van der Waals surface area contributed by atoms with Crippen LogP contribution in [0.15, 0.2) is 36.4 Å². The summed E-state index contributed by atoms with van der Waals surface area (Å²) in [4.78, 5) is 2.32. The molecule has 3 N–H and O–H groups in total. The van der Waals surface area contributed by atoms with Gasteiger partial charge < -0.3 is 25.0 Å². The molecule has 1 atom stereocenters. The van der Waals surface area contributed by atoms with Crippen molar-refractivity contribution in [2.75, 3.05) is 33.0 Å². The first-order valence-electron chi connectivity index (χ1n) is 8.08. The minimum atomic E-state index is -0.109. The summed E-state index contributed by atoms with van der Waals surface area (Å²) in [6.45, 7) is 3.73. The van der Waals surface area contributed by atoms with Crippen molar-refractivity contribution in [1.29, 1.82) is 0 Å². The van der Waals surface area contributed by atoms with Gasteiger partial charge in [0.25, 0.3) is 0 Å². The Morgan fingerprint density at radius 2 is 1.62 bits per heavy atom. The van der Waals surface area contributed by atoms with Crippen LogP contribution in [0.5, 0.6) is 23.0 Å². The first kappa shape index (κ1) is 15.1. The predicted octanol–water partition coefficient (Wildman–Crippen LogP) is 1.82. The first-order chi connectivity index (χ1) is 11.7. The fourth-order valence-electron chi connectivity index (χ4n) is 3.35. The molecule has 0 unspecified atom stereocenters. The molecule has 0 spiro atoms. The summed E-state index contributed by atoms with van der Waals surface area (Å²) in [6, 6.07) is 10.5. The number of piperazine rings is 1. The van der Waals surface area contributed by atoms with Crippen molar-refractivity contribution in [3.05, 3.63) is 47.5 Å². The lowest BCUT2D eigenvalue weighted by Gasteiger charge is -2.35. The molecule has 2 aliphatic heterocycles. The van der Waals surface area contributed by atoms with Gasteiger partial charge in [0.2, 0.25) is 6.79 Å². The quantitative estimate of drug-likeness (QED) is 0.798. The molecule has 2 heterocycles. The Hall–Kier alpha value is -2.44. The van der Waals surface area contributed by atoms with Gasteiger partial charge in [-0.25, -0.2) is 0 Å². The van der Waals surface area contributed by atoms with E-state index in [2.05, 4.69) is 10.2 Å². The van der Waals surface area contributed by atoms with Gasteiger partial charge in [0, 0.05) is 37.8 Å². The highest BCUT2D eigenvalue weighted by Gasteiger charge is 2.28. The third kappa shape index (κ3) is 2.74. The zero-order valence-electron chi connectivity index (χ0n) is 13.2. The van der Waals surface area contributed by atoms with Crippen molar-refractivity contribution in [3.8, 4) is 23.0 Å². The molecule has 0 saturated carbocycles. The van der Waals surface area contributed by atoms with E-state index in [9.17, 15) is 10.2 Å². The molecule has 0 radical (unpaired) electrons. The first-order valence-corrected chi connectivity index (χ1v) is 8.08. The number of hydrogen-bond donors (Lipinski definition) is 3. The lowest BCUT2D eigenvalue weighted by Crippen LogP contribution is -2.45. The number of phenols is 2. The maximum atomic E-state index is 10.6. The van der Waals surface area contributed by atoms with Crippen LogP contribution in [-0.4, -0.2) is 48.1 Å². The fraction of sp³-hybridized carbons (Fsp3) is 0.333. The van der Waals surface area contributed by atoms with Gasteiger partial charge in [0.05, 0.1) is 6.04 Å². The Balaban J connectivity index is 1.78. The molecule has 126 valence electrons. The molecule has 0 bridgehead atoms. The van der Waals surface area contributed by atoms with Crippen molar-refractivity contribution in [2.24, 2.45) is 0 Å². The van der Waals surface area contributed by atoms with E-state index in [-0.39, 0.29) is 24.3 Å². The van der Waals surface area contributed by atoms with Gasteiger partial charge in [-0.1, -0.05) is 12.1 Å². The Kier molecular flexibility index (Phi) is 3.92. The van der Waals surface area contributed by atoms with Gasteiger partial charge >= 0.3 is 0 Å². The van der Waals surface area contributed by atoms with Crippen LogP contribution in [0, 0.1) is 0 Å². The number of benzene rings is 2. The second kappa shape index (κ2) is 6.22. The highest BCUT2D eigenvalue weighted by Crippen LogP contribution is 2.43. The topological polar surface area (TPSA) is 74.2 Å². The van der Waals surface area contributed by atoms with Crippen molar-refractivity contribution < 1.29 is 19.7 Å². The zero-order chi connectivity index (χ0) is 16.5. The summed E-state index contributed by atoms with van der Waals surface area (Å²) in [5.74, 6) is 1.64. The predicted molar refractivity (Wildman–Crippen MR) is 88.6 cm³/mol. The van der Waals surface area contributed by atoms with Crippen LogP contribution in [0.2, 0.25) is 0 Å². The van der Waals surface area contributed by atoms with Gasteiger partial charge in [0.1, 0.15) is 11.5 Å². The lowest BCUT2D eigenvalue weighted by molar-refractivity contribution is 0.173. The van der Waals surface area contributed by atoms with Crippen LogP contribution >= 0.6 is 0 Å². The van der Waals surface area contributed by atoms with Crippen molar-refractivity contribution in [2.45, 2.75) is 6.04 Å². The van der Waals surface area contributed by atoms with Crippen LogP contribution in [-0.2, 0) is 0 Å². The minimum Gasteiger partial charge on any atom is -0.508 e. The van der Waals surface area contributed by atoms with Crippen molar-refractivity contribution in [3.63, 3.8) is 0 Å². The molecule has 4 rings (SSSR count). The lowest BCUT2D eigenvalue weighted by atomic mass is 9.95. The molecule has 2 aromatic carbocycles. The minimum absolute atomic E-state index is 0.109. The van der Waals surface area contributed by atoms with E-state index in [1.807, 2.05) is 18.2 Å². The molecule has 2 aromatic rings. The number of phenolic OH excluding ortho intramolecular Hbond substituents is 2. The Morgan fingerprint density at radius 3 is 2.33 bits per heavy atom. The average Bonchev–Trinajstić information content (AvgIpc) is 3.05. The Morgan fingerprint density at radius 1 is 0.958 bits per heavy atom. The number of fused-ring (bicyclic) bond motifs is 1. The van der Waals surface area contributed by atoms with Crippen LogP contribution in [0.1, 0.15) is 17.2 Å². The molecule has 6 nitrogen and oxygen atoms in total. The Bertz CT molecular complexity index is 727. The van der Waals surface area contributed by atoms with E-state index < -0.39 is 0 Å². The second-order valence-corrected chi connectivity index (χ2v) is 6.04. The Labute approximate surface area is 140 Å². The maximum Gasteiger partial charge on any atom is 0.231 e. The summed E-state index contributed by atoms with van der Waals surface area (Å²) in [5, 5.41) is 23.5. The molecule has 0 amide bonds. The third-order valence-corrected chi connectivity index (χ3v) is 4.54. The normalized spacial score (nSPS) is 18.5. The van der Waals surface area contributed by atoms with Gasteiger partial charge in [-0.15, -0.1) is 0 Å². The van der Waals surface area contributed by atoms with Crippen LogP contribution in [0.3, 0.4) is 0 Å². The zero-order valence-corrected chi connectivity index (χ0v) is 13.2. The average molecular weight is 328 g/mol. The van der Waals surface area contributed by atoms with Crippen molar-refractivity contribution >= 4 is 0 Å². The number of ether oxygens (including phenoxy) is 2. The largest absolute Gasteiger partial charge is 0.508 e. The molecular weight excluding hydrogens is 308 g/mol. The molecule has 0 aromatic heterocycles. The summed E-state index contributed by atoms with van der Waals surface area (Å²) in [7, 11) is 0. The van der Waals surface area contributed by atoms with Crippen LogP contribution in [0.4, 0.5) is 0 Å². The molecular formula is C18H20N2O4. The number of nitrogens with zero attached hydrogens (tertiary/aromatic N) is 1. The molecule has 24 heavy (non-hydrogen) atoms. The van der Waals surface area contributed by atoms with E-state index in [1.165, 1.54) is 0 Å². The summed E-state index contributed by atoms with van der Waals surface area (Å²) in [6.07, 6.45) is 0. The maximum absolute atomic E-state index is 10.6. The highest BCUT2D eigenvalue weighted by atomic mass is 16.7. The second-order valence-electron chi connectivity index (χ2n) is 6.04. The molecule has 1 saturated heterocycles. The summed E-state index contributed by atoms with van der Waals surface area (Å²) < 4.78 is 10.8. The highest BCUT2D eigenvalue weighted by molar-refractivity contribution is 5.54. The van der Waals surface area contributed by atoms with E-state index in [4.69, 9.17) is 9.47 Å². The van der Waals surface area contributed by atoms with E-state index >= 15 is 0 Å². The van der Waals surface area contributed by atoms with Gasteiger partial charge in [-0.3, -0.25) is 4.90 Å². The third-order valence-electron chi connectivity index (χ3n) is 4.54.